The molecular formula is C24H18ClN3O. The quantitative estimate of drug-likeness (QED) is 0.494. The van der Waals surface area contributed by atoms with E-state index in [1.54, 1.807) is 0 Å². The third-order valence-corrected chi connectivity index (χ3v) is 5.54. The number of aromatic amines is 1. The van der Waals surface area contributed by atoms with Gasteiger partial charge in [-0.1, -0.05) is 84.4 Å². The standard InChI is InChI=1S/C24H18ClN3O/c25-19-13-11-17(12-14-19)21-20-22(27-26-21)24(29)28(15-16-7-3-1-4-8-16)23(20)18-9-5-2-6-10-18/h1-14,23H,15H2,(H,26,27). The molecule has 0 radical (unpaired) electrons. The van der Waals surface area contributed by atoms with Crippen molar-refractivity contribution in [1.82, 2.24) is 15.1 Å². The summed E-state index contributed by atoms with van der Waals surface area (Å²) in [6.45, 7) is 0.530. The first-order chi connectivity index (χ1) is 14.2. The molecule has 5 heteroatoms. The molecular weight excluding hydrogens is 382 g/mol. The van der Waals surface area contributed by atoms with Gasteiger partial charge in [0.25, 0.3) is 5.91 Å². The Balaban J connectivity index is 1.64. The molecule has 2 heterocycles. The molecule has 0 aliphatic carbocycles. The lowest BCUT2D eigenvalue weighted by Gasteiger charge is -2.26. The third-order valence-electron chi connectivity index (χ3n) is 5.29. The summed E-state index contributed by atoms with van der Waals surface area (Å²) in [7, 11) is 0. The van der Waals surface area contributed by atoms with Crippen molar-refractivity contribution in [3.05, 3.63) is 112 Å². The molecule has 1 aromatic heterocycles. The predicted molar refractivity (Wildman–Crippen MR) is 114 cm³/mol. The lowest BCUT2D eigenvalue weighted by atomic mass is 9.96. The number of benzene rings is 3. The highest BCUT2D eigenvalue weighted by molar-refractivity contribution is 6.30. The van der Waals surface area contributed by atoms with E-state index in [2.05, 4.69) is 22.3 Å². The fraction of sp³-hybridized carbons (Fsp3) is 0.0833. The number of hydrogen-bond acceptors (Lipinski definition) is 2. The van der Waals surface area contributed by atoms with E-state index < -0.39 is 0 Å². The maximum atomic E-state index is 13.3. The Bertz CT molecular complexity index is 1150. The summed E-state index contributed by atoms with van der Waals surface area (Å²) in [5.41, 5.74) is 5.34. The first-order valence-electron chi connectivity index (χ1n) is 9.46. The van der Waals surface area contributed by atoms with E-state index in [1.165, 1.54) is 0 Å². The highest BCUT2D eigenvalue weighted by Gasteiger charge is 2.42. The summed E-state index contributed by atoms with van der Waals surface area (Å²) < 4.78 is 0. The number of carbonyl (C=O) groups is 1. The number of nitrogens with one attached hydrogen (secondary N) is 1. The van der Waals surface area contributed by atoms with Crippen LogP contribution in [0.4, 0.5) is 0 Å². The van der Waals surface area contributed by atoms with Crippen LogP contribution in [-0.2, 0) is 6.54 Å². The van der Waals surface area contributed by atoms with Crippen LogP contribution >= 0.6 is 11.6 Å². The molecule has 0 fully saturated rings. The van der Waals surface area contributed by atoms with Gasteiger partial charge in [0.15, 0.2) is 0 Å². The number of fused-ring (bicyclic) bond motifs is 1. The number of hydrogen-bond donors (Lipinski definition) is 1. The van der Waals surface area contributed by atoms with Crippen LogP contribution in [0.1, 0.15) is 33.2 Å². The van der Waals surface area contributed by atoms with Crippen LogP contribution in [0.2, 0.25) is 5.02 Å². The van der Waals surface area contributed by atoms with E-state index in [0.29, 0.717) is 17.3 Å². The summed E-state index contributed by atoms with van der Waals surface area (Å²) in [4.78, 5) is 15.2. The van der Waals surface area contributed by atoms with Crippen molar-refractivity contribution in [2.75, 3.05) is 0 Å². The Hall–Kier alpha value is -3.37. The normalized spacial score (nSPS) is 15.6. The van der Waals surface area contributed by atoms with Gasteiger partial charge in [-0.3, -0.25) is 9.89 Å². The van der Waals surface area contributed by atoms with Gasteiger partial charge in [-0.05, 0) is 23.3 Å². The van der Waals surface area contributed by atoms with Crippen molar-refractivity contribution < 1.29 is 4.79 Å². The second kappa shape index (κ2) is 7.22. The largest absolute Gasteiger partial charge is 0.322 e. The summed E-state index contributed by atoms with van der Waals surface area (Å²) in [5, 5.41) is 8.15. The molecule has 29 heavy (non-hydrogen) atoms. The summed E-state index contributed by atoms with van der Waals surface area (Å²) in [6, 6.07) is 27.5. The number of nitrogens with zero attached hydrogens (tertiary/aromatic N) is 2. The smallest absolute Gasteiger partial charge is 0.273 e. The van der Waals surface area contributed by atoms with Crippen molar-refractivity contribution in [3.8, 4) is 11.3 Å². The SMILES string of the molecule is O=C1c2[nH]nc(-c3ccc(Cl)cc3)c2C(c2ccccc2)N1Cc1ccccc1. The molecule has 1 unspecified atom stereocenters. The molecule has 0 saturated carbocycles. The zero-order valence-corrected chi connectivity index (χ0v) is 16.3. The topological polar surface area (TPSA) is 49.0 Å². The third kappa shape index (κ3) is 3.12. The van der Waals surface area contributed by atoms with Gasteiger partial charge in [-0.15, -0.1) is 0 Å². The maximum absolute atomic E-state index is 13.3. The zero-order valence-electron chi connectivity index (χ0n) is 15.5. The van der Waals surface area contributed by atoms with Gasteiger partial charge in [-0.25, -0.2) is 0 Å². The van der Waals surface area contributed by atoms with Crippen LogP contribution in [0, 0.1) is 0 Å². The molecule has 1 aliphatic heterocycles. The van der Waals surface area contributed by atoms with Crippen LogP contribution in [0.5, 0.6) is 0 Å². The van der Waals surface area contributed by atoms with Crippen molar-refractivity contribution in [2.24, 2.45) is 0 Å². The molecule has 0 saturated heterocycles. The van der Waals surface area contributed by atoms with E-state index in [4.69, 9.17) is 11.6 Å². The number of amides is 1. The maximum Gasteiger partial charge on any atom is 0.273 e. The van der Waals surface area contributed by atoms with E-state index in [0.717, 1.165) is 27.9 Å². The van der Waals surface area contributed by atoms with Crippen LogP contribution < -0.4 is 0 Å². The number of H-pyrrole nitrogens is 1. The van der Waals surface area contributed by atoms with Crippen molar-refractivity contribution in [1.29, 1.82) is 0 Å². The Labute approximate surface area is 173 Å². The molecule has 142 valence electrons. The second-order valence-corrected chi connectivity index (χ2v) is 7.54. The Morgan fingerprint density at radius 3 is 2.24 bits per heavy atom. The zero-order chi connectivity index (χ0) is 19.8. The Morgan fingerprint density at radius 2 is 1.55 bits per heavy atom. The molecule has 4 aromatic rings. The van der Waals surface area contributed by atoms with Gasteiger partial charge in [0, 0.05) is 22.7 Å². The molecule has 1 aliphatic rings. The highest BCUT2D eigenvalue weighted by Crippen LogP contribution is 2.43. The van der Waals surface area contributed by atoms with Crippen molar-refractivity contribution in [2.45, 2.75) is 12.6 Å². The molecule has 0 bridgehead atoms. The van der Waals surface area contributed by atoms with Gasteiger partial charge in [0.05, 0.1) is 11.7 Å². The predicted octanol–water partition coefficient (Wildman–Crippen LogP) is 5.48. The minimum Gasteiger partial charge on any atom is -0.322 e. The van der Waals surface area contributed by atoms with Crippen LogP contribution in [-0.4, -0.2) is 21.0 Å². The van der Waals surface area contributed by atoms with Crippen molar-refractivity contribution in [3.63, 3.8) is 0 Å². The fourth-order valence-electron chi connectivity index (χ4n) is 3.95. The van der Waals surface area contributed by atoms with Gasteiger partial charge in [0.1, 0.15) is 5.69 Å². The molecule has 0 spiro atoms. The molecule has 1 N–H and O–H groups in total. The van der Waals surface area contributed by atoms with E-state index in [1.807, 2.05) is 77.7 Å². The lowest BCUT2D eigenvalue weighted by Crippen LogP contribution is -2.29. The summed E-state index contributed by atoms with van der Waals surface area (Å²) in [5.74, 6) is -0.0366. The first-order valence-corrected chi connectivity index (χ1v) is 9.84. The Morgan fingerprint density at radius 1 is 0.897 bits per heavy atom. The molecule has 5 rings (SSSR count). The molecule has 3 aromatic carbocycles. The number of carbonyl (C=O) groups excluding carboxylic acids is 1. The van der Waals surface area contributed by atoms with E-state index >= 15 is 0 Å². The second-order valence-electron chi connectivity index (χ2n) is 7.10. The number of halogens is 1. The van der Waals surface area contributed by atoms with Gasteiger partial charge >= 0.3 is 0 Å². The minimum atomic E-state index is -0.205. The molecule has 1 atom stereocenters. The Kier molecular flexibility index (Phi) is 4.41. The van der Waals surface area contributed by atoms with E-state index in [-0.39, 0.29) is 11.9 Å². The summed E-state index contributed by atoms with van der Waals surface area (Å²) in [6.07, 6.45) is 0. The van der Waals surface area contributed by atoms with Gasteiger partial charge in [-0.2, -0.15) is 5.10 Å². The van der Waals surface area contributed by atoms with Crippen molar-refractivity contribution >= 4 is 17.5 Å². The fourth-order valence-corrected chi connectivity index (χ4v) is 4.08. The highest BCUT2D eigenvalue weighted by atomic mass is 35.5. The first kappa shape index (κ1) is 17.7. The molecule has 4 nitrogen and oxygen atoms in total. The van der Waals surface area contributed by atoms with Gasteiger partial charge < -0.3 is 4.90 Å². The summed E-state index contributed by atoms with van der Waals surface area (Å²) >= 11 is 6.06. The number of rotatable bonds is 4. The molecule has 1 amide bonds. The van der Waals surface area contributed by atoms with Crippen LogP contribution in [0.15, 0.2) is 84.9 Å². The number of aromatic nitrogens is 2. The van der Waals surface area contributed by atoms with Crippen LogP contribution in [0.25, 0.3) is 11.3 Å². The minimum absolute atomic E-state index is 0.0366. The lowest BCUT2D eigenvalue weighted by molar-refractivity contribution is 0.0730. The monoisotopic (exact) mass is 399 g/mol. The van der Waals surface area contributed by atoms with Gasteiger partial charge in [0.2, 0.25) is 0 Å². The average molecular weight is 400 g/mol. The average Bonchev–Trinajstić information content (AvgIpc) is 3.30. The van der Waals surface area contributed by atoms with Crippen LogP contribution in [0.3, 0.4) is 0 Å². The van der Waals surface area contributed by atoms with E-state index in [9.17, 15) is 4.79 Å².